The SMILES string of the molecule is CSc1cc(F)c(N)c(F)c1F. The Labute approximate surface area is 71.8 Å². The van der Waals surface area contributed by atoms with Gasteiger partial charge in [0.1, 0.15) is 11.5 Å². The summed E-state index contributed by atoms with van der Waals surface area (Å²) in [4.78, 5) is -0.0841. The van der Waals surface area contributed by atoms with E-state index < -0.39 is 23.1 Å². The first-order valence-electron chi connectivity index (χ1n) is 3.05. The Morgan fingerprint density at radius 1 is 1.25 bits per heavy atom. The summed E-state index contributed by atoms with van der Waals surface area (Å²) in [5.74, 6) is -3.35. The van der Waals surface area contributed by atoms with Crippen molar-refractivity contribution < 1.29 is 13.2 Å². The molecule has 0 saturated heterocycles. The zero-order valence-electron chi connectivity index (χ0n) is 6.20. The number of benzene rings is 1. The van der Waals surface area contributed by atoms with Gasteiger partial charge in [0.15, 0.2) is 11.6 Å². The van der Waals surface area contributed by atoms with E-state index in [4.69, 9.17) is 5.73 Å². The zero-order chi connectivity index (χ0) is 9.30. The molecule has 1 aromatic rings. The number of anilines is 1. The highest BCUT2D eigenvalue weighted by Gasteiger charge is 2.15. The molecule has 1 nitrogen and oxygen atoms in total. The predicted molar refractivity (Wildman–Crippen MR) is 42.5 cm³/mol. The number of halogens is 3. The molecule has 66 valence electrons. The van der Waals surface area contributed by atoms with E-state index in [1.54, 1.807) is 0 Å². The highest BCUT2D eigenvalue weighted by atomic mass is 32.2. The molecule has 0 atom stereocenters. The standard InChI is InChI=1S/C7H6F3NS/c1-12-4-2-3(8)7(11)6(10)5(4)9/h2H,11H2,1H3. The molecule has 0 fully saturated rings. The molecule has 0 heterocycles. The van der Waals surface area contributed by atoms with Gasteiger partial charge in [-0.15, -0.1) is 11.8 Å². The Kier molecular flexibility index (Phi) is 2.52. The Morgan fingerprint density at radius 2 is 1.83 bits per heavy atom. The molecular weight excluding hydrogens is 187 g/mol. The van der Waals surface area contributed by atoms with Crippen molar-refractivity contribution in [1.29, 1.82) is 0 Å². The molecule has 1 rings (SSSR count). The fourth-order valence-corrected chi connectivity index (χ4v) is 1.23. The van der Waals surface area contributed by atoms with Crippen LogP contribution >= 0.6 is 11.8 Å². The second-order valence-corrected chi connectivity index (χ2v) is 2.95. The maximum absolute atomic E-state index is 12.8. The third-order valence-corrected chi connectivity index (χ3v) is 2.12. The van der Waals surface area contributed by atoms with Crippen molar-refractivity contribution in [2.75, 3.05) is 12.0 Å². The van der Waals surface area contributed by atoms with E-state index in [-0.39, 0.29) is 4.90 Å². The van der Waals surface area contributed by atoms with Crippen molar-refractivity contribution >= 4 is 17.4 Å². The fraction of sp³-hybridized carbons (Fsp3) is 0.143. The molecular formula is C7H6F3NS. The molecule has 0 spiro atoms. The predicted octanol–water partition coefficient (Wildman–Crippen LogP) is 2.41. The maximum atomic E-state index is 12.8. The van der Waals surface area contributed by atoms with Crippen LogP contribution in [0.5, 0.6) is 0 Å². The van der Waals surface area contributed by atoms with Crippen LogP contribution in [0, 0.1) is 17.5 Å². The van der Waals surface area contributed by atoms with Gasteiger partial charge in [0.05, 0.1) is 0 Å². The van der Waals surface area contributed by atoms with E-state index in [1.165, 1.54) is 6.26 Å². The second kappa shape index (κ2) is 3.26. The first kappa shape index (κ1) is 9.25. The van der Waals surface area contributed by atoms with Crippen molar-refractivity contribution in [2.45, 2.75) is 4.90 Å². The quantitative estimate of drug-likeness (QED) is 0.421. The molecule has 0 aliphatic rings. The number of hydrogen-bond acceptors (Lipinski definition) is 2. The smallest absolute Gasteiger partial charge is 0.185 e. The number of rotatable bonds is 1. The van der Waals surface area contributed by atoms with Gasteiger partial charge in [0, 0.05) is 4.90 Å². The molecule has 2 N–H and O–H groups in total. The van der Waals surface area contributed by atoms with Crippen LogP contribution in [0.4, 0.5) is 18.9 Å². The lowest BCUT2D eigenvalue weighted by Gasteiger charge is -2.03. The number of nitrogens with two attached hydrogens (primary N) is 1. The van der Waals surface area contributed by atoms with Crippen LogP contribution in [0.15, 0.2) is 11.0 Å². The lowest BCUT2D eigenvalue weighted by molar-refractivity contribution is 0.482. The average Bonchev–Trinajstić information content (AvgIpc) is 2.08. The molecule has 5 heteroatoms. The summed E-state index contributed by atoms with van der Waals surface area (Å²) >= 11 is 0.922. The van der Waals surface area contributed by atoms with Crippen LogP contribution in [0.25, 0.3) is 0 Å². The summed E-state index contributed by atoms with van der Waals surface area (Å²) < 4.78 is 38.1. The topological polar surface area (TPSA) is 26.0 Å². The van der Waals surface area contributed by atoms with Gasteiger partial charge in [0.2, 0.25) is 0 Å². The summed E-state index contributed by atoms with van der Waals surface area (Å²) in [5.41, 5.74) is 4.13. The van der Waals surface area contributed by atoms with Gasteiger partial charge in [-0.1, -0.05) is 0 Å². The van der Waals surface area contributed by atoms with Gasteiger partial charge in [-0.2, -0.15) is 0 Å². The van der Waals surface area contributed by atoms with E-state index in [1.807, 2.05) is 0 Å². The van der Waals surface area contributed by atoms with Crippen LogP contribution < -0.4 is 5.73 Å². The van der Waals surface area contributed by atoms with Gasteiger partial charge in [-0.05, 0) is 12.3 Å². The monoisotopic (exact) mass is 193 g/mol. The van der Waals surface area contributed by atoms with E-state index >= 15 is 0 Å². The average molecular weight is 193 g/mol. The van der Waals surface area contributed by atoms with Crippen molar-refractivity contribution in [3.05, 3.63) is 23.5 Å². The normalized spacial score (nSPS) is 10.3. The molecule has 0 aromatic heterocycles. The molecule has 0 radical (unpaired) electrons. The number of hydrogen-bond donors (Lipinski definition) is 1. The number of thioether (sulfide) groups is 1. The summed E-state index contributed by atoms with van der Waals surface area (Å²) in [6, 6.07) is 0.873. The van der Waals surface area contributed by atoms with Gasteiger partial charge >= 0.3 is 0 Å². The second-order valence-electron chi connectivity index (χ2n) is 2.10. The van der Waals surface area contributed by atoms with Crippen LogP contribution in [0.3, 0.4) is 0 Å². The van der Waals surface area contributed by atoms with Crippen molar-refractivity contribution in [2.24, 2.45) is 0 Å². The summed E-state index contributed by atoms with van der Waals surface area (Å²) in [5, 5.41) is 0. The third kappa shape index (κ3) is 1.36. The third-order valence-electron chi connectivity index (χ3n) is 1.38. The van der Waals surface area contributed by atoms with Crippen molar-refractivity contribution in [3.8, 4) is 0 Å². The first-order valence-corrected chi connectivity index (χ1v) is 4.27. The van der Waals surface area contributed by atoms with E-state index in [0.29, 0.717) is 0 Å². The largest absolute Gasteiger partial charge is 0.394 e. The van der Waals surface area contributed by atoms with Crippen LogP contribution in [0.1, 0.15) is 0 Å². The highest BCUT2D eigenvalue weighted by molar-refractivity contribution is 7.98. The summed E-state index contributed by atoms with van der Waals surface area (Å²) in [6.45, 7) is 0. The Hall–Kier alpha value is -0.840. The summed E-state index contributed by atoms with van der Waals surface area (Å²) in [7, 11) is 0. The van der Waals surface area contributed by atoms with Gasteiger partial charge in [0.25, 0.3) is 0 Å². The maximum Gasteiger partial charge on any atom is 0.185 e. The molecule has 0 aliphatic heterocycles. The molecule has 0 bridgehead atoms. The minimum atomic E-state index is -1.32. The summed E-state index contributed by atoms with van der Waals surface area (Å²) in [6.07, 6.45) is 1.52. The van der Waals surface area contributed by atoms with Gasteiger partial charge in [-0.25, -0.2) is 13.2 Å². The van der Waals surface area contributed by atoms with Crippen molar-refractivity contribution in [1.82, 2.24) is 0 Å². The molecule has 0 saturated carbocycles. The lowest BCUT2D eigenvalue weighted by Crippen LogP contribution is -1.99. The fourth-order valence-electron chi connectivity index (χ4n) is 0.736. The van der Waals surface area contributed by atoms with E-state index in [2.05, 4.69) is 0 Å². The van der Waals surface area contributed by atoms with E-state index in [9.17, 15) is 13.2 Å². The molecule has 12 heavy (non-hydrogen) atoms. The van der Waals surface area contributed by atoms with Crippen molar-refractivity contribution in [3.63, 3.8) is 0 Å². The zero-order valence-corrected chi connectivity index (χ0v) is 7.01. The molecule has 0 unspecified atom stereocenters. The minimum absolute atomic E-state index is 0.0841. The Balaban J connectivity index is 3.39. The molecule has 1 aromatic carbocycles. The van der Waals surface area contributed by atoms with Gasteiger partial charge < -0.3 is 5.73 Å². The first-order chi connectivity index (χ1) is 5.57. The van der Waals surface area contributed by atoms with E-state index in [0.717, 1.165) is 17.8 Å². The highest BCUT2D eigenvalue weighted by Crippen LogP contribution is 2.27. The van der Waals surface area contributed by atoms with Crippen LogP contribution in [-0.4, -0.2) is 6.26 Å². The Bertz CT molecular complexity index is 314. The molecule has 0 amide bonds. The molecule has 0 aliphatic carbocycles. The van der Waals surface area contributed by atoms with Crippen LogP contribution in [0.2, 0.25) is 0 Å². The Morgan fingerprint density at radius 3 is 2.33 bits per heavy atom. The minimum Gasteiger partial charge on any atom is -0.394 e. The van der Waals surface area contributed by atoms with Gasteiger partial charge in [-0.3, -0.25) is 0 Å². The van der Waals surface area contributed by atoms with Crippen LogP contribution in [-0.2, 0) is 0 Å². The number of nitrogen functional groups attached to an aromatic ring is 1. The lowest BCUT2D eigenvalue weighted by atomic mass is 10.3.